The zero-order chi connectivity index (χ0) is 20.1. The maximum atomic E-state index is 14.5. The number of hydrogen-bond acceptors (Lipinski definition) is 3. The summed E-state index contributed by atoms with van der Waals surface area (Å²) in [6.07, 6.45) is 4.53. The second-order valence-electron chi connectivity index (χ2n) is 8.40. The van der Waals surface area contributed by atoms with E-state index in [1.54, 1.807) is 6.07 Å². The average molecular weight is 399 g/mol. The van der Waals surface area contributed by atoms with Crippen molar-refractivity contribution in [2.75, 3.05) is 11.4 Å². The normalized spacial score (nSPS) is 23.3. The monoisotopic (exact) mass is 399 g/mol. The van der Waals surface area contributed by atoms with E-state index in [1.165, 1.54) is 0 Å². The van der Waals surface area contributed by atoms with Crippen molar-refractivity contribution in [3.8, 4) is 5.75 Å². The number of nitrogens with zero attached hydrogens (tertiary/aromatic N) is 1. The van der Waals surface area contributed by atoms with Crippen LogP contribution in [0.3, 0.4) is 0 Å². The highest BCUT2D eigenvalue weighted by Crippen LogP contribution is 2.48. The summed E-state index contributed by atoms with van der Waals surface area (Å²) in [5.74, 6) is -2.25. The molecule has 3 aliphatic rings. The Morgan fingerprint density at radius 3 is 2.66 bits per heavy atom. The van der Waals surface area contributed by atoms with E-state index in [1.807, 2.05) is 17.0 Å². The third-order valence-electron chi connectivity index (χ3n) is 6.46. The van der Waals surface area contributed by atoms with E-state index in [4.69, 9.17) is 9.84 Å². The van der Waals surface area contributed by atoms with Crippen molar-refractivity contribution in [2.45, 2.75) is 50.7 Å². The predicted molar refractivity (Wildman–Crippen MR) is 104 cm³/mol. The van der Waals surface area contributed by atoms with Crippen LogP contribution < -0.4 is 9.64 Å². The lowest BCUT2D eigenvalue weighted by Gasteiger charge is -2.32. The minimum atomic E-state index is -0.883. The van der Waals surface area contributed by atoms with Gasteiger partial charge in [-0.1, -0.05) is 18.2 Å². The molecular weight excluding hydrogens is 376 g/mol. The second kappa shape index (κ2) is 7.01. The fourth-order valence-corrected chi connectivity index (χ4v) is 4.38. The van der Waals surface area contributed by atoms with E-state index in [9.17, 15) is 13.6 Å². The van der Waals surface area contributed by atoms with Crippen LogP contribution in [0.4, 0.5) is 14.5 Å². The molecule has 2 aromatic rings. The third-order valence-corrected chi connectivity index (χ3v) is 6.46. The number of aliphatic carboxylic acids is 1. The number of ether oxygens (including phenoxy) is 1. The molecule has 2 fully saturated rings. The van der Waals surface area contributed by atoms with Crippen LogP contribution in [0.15, 0.2) is 30.3 Å². The molecule has 5 rings (SSSR count). The first-order chi connectivity index (χ1) is 14.0. The summed E-state index contributed by atoms with van der Waals surface area (Å²) in [5.41, 5.74) is 3.54. The van der Waals surface area contributed by atoms with Gasteiger partial charge in [0.1, 0.15) is 5.75 Å². The molecule has 2 atom stereocenters. The zero-order valence-electron chi connectivity index (χ0n) is 16.0. The minimum Gasteiger partial charge on any atom is -0.490 e. The minimum absolute atomic E-state index is 0.0997. The van der Waals surface area contributed by atoms with Crippen molar-refractivity contribution in [3.05, 3.63) is 58.7 Å². The molecule has 6 heteroatoms. The Hall–Kier alpha value is -2.63. The van der Waals surface area contributed by atoms with Gasteiger partial charge in [-0.25, -0.2) is 8.78 Å². The van der Waals surface area contributed by atoms with Crippen LogP contribution in [0, 0.1) is 17.6 Å². The van der Waals surface area contributed by atoms with E-state index in [0.29, 0.717) is 31.7 Å². The highest BCUT2D eigenvalue weighted by Gasteiger charge is 2.44. The Kier molecular flexibility index (Phi) is 4.45. The van der Waals surface area contributed by atoms with Crippen LogP contribution in [-0.4, -0.2) is 23.7 Å². The highest BCUT2D eigenvalue weighted by molar-refractivity contribution is 5.75. The summed E-state index contributed by atoms with van der Waals surface area (Å²) in [7, 11) is 0. The Balaban J connectivity index is 1.36. The van der Waals surface area contributed by atoms with Gasteiger partial charge >= 0.3 is 5.97 Å². The average Bonchev–Trinajstić information content (AvgIpc) is 3.47. The molecule has 0 bridgehead atoms. The fourth-order valence-electron chi connectivity index (χ4n) is 4.38. The molecule has 0 saturated heterocycles. The molecule has 1 heterocycles. The molecule has 1 N–H and O–H groups in total. The summed E-state index contributed by atoms with van der Waals surface area (Å²) in [6, 6.07) is 8.81. The van der Waals surface area contributed by atoms with Gasteiger partial charge in [0.05, 0.1) is 17.7 Å². The molecule has 2 unspecified atom stereocenters. The maximum absolute atomic E-state index is 14.5. The number of benzene rings is 2. The van der Waals surface area contributed by atoms with Crippen LogP contribution in [0.2, 0.25) is 0 Å². The van der Waals surface area contributed by atoms with Crippen molar-refractivity contribution in [3.63, 3.8) is 0 Å². The molecule has 0 spiro atoms. The van der Waals surface area contributed by atoms with Crippen molar-refractivity contribution in [2.24, 2.45) is 5.92 Å². The van der Waals surface area contributed by atoms with Gasteiger partial charge in [0.2, 0.25) is 0 Å². The Labute approximate surface area is 168 Å². The van der Waals surface area contributed by atoms with Gasteiger partial charge in [0.15, 0.2) is 11.6 Å². The highest BCUT2D eigenvalue weighted by atomic mass is 19.2. The number of fused-ring (bicyclic) bond motifs is 1. The summed E-state index contributed by atoms with van der Waals surface area (Å²) in [5, 5.41) is 9.15. The van der Waals surface area contributed by atoms with Crippen molar-refractivity contribution >= 4 is 11.7 Å². The first-order valence-electron chi connectivity index (χ1n) is 10.2. The van der Waals surface area contributed by atoms with Gasteiger partial charge in [-0.05, 0) is 54.7 Å². The SMILES string of the molecule is O=C(O)C1CC1c1ccc2c(c1)CCN(c1cc(OC3CCC3)cc(F)c1F)C2. The van der Waals surface area contributed by atoms with Crippen molar-refractivity contribution in [1.29, 1.82) is 0 Å². The van der Waals surface area contributed by atoms with Crippen LogP contribution in [-0.2, 0) is 17.8 Å². The summed E-state index contributed by atoms with van der Waals surface area (Å²) >= 11 is 0. The number of carbonyl (C=O) groups is 1. The van der Waals surface area contributed by atoms with Gasteiger partial charge in [-0.3, -0.25) is 4.79 Å². The molecule has 2 aliphatic carbocycles. The van der Waals surface area contributed by atoms with Gasteiger partial charge in [-0.15, -0.1) is 0 Å². The topological polar surface area (TPSA) is 49.8 Å². The smallest absolute Gasteiger partial charge is 0.307 e. The quantitative estimate of drug-likeness (QED) is 0.795. The lowest BCUT2D eigenvalue weighted by atomic mass is 9.95. The molecule has 0 amide bonds. The zero-order valence-corrected chi connectivity index (χ0v) is 16.0. The van der Waals surface area contributed by atoms with Crippen molar-refractivity contribution < 1.29 is 23.4 Å². The largest absolute Gasteiger partial charge is 0.490 e. The molecule has 2 aromatic carbocycles. The number of carboxylic acid groups (broad SMARTS) is 1. The van der Waals surface area contributed by atoms with E-state index in [0.717, 1.165) is 42.0 Å². The van der Waals surface area contributed by atoms with E-state index >= 15 is 0 Å². The van der Waals surface area contributed by atoms with Crippen LogP contribution >= 0.6 is 0 Å². The molecule has 4 nitrogen and oxygen atoms in total. The van der Waals surface area contributed by atoms with Crippen LogP contribution in [0.25, 0.3) is 0 Å². The number of anilines is 1. The third kappa shape index (κ3) is 3.45. The van der Waals surface area contributed by atoms with Gasteiger partial charge in [0.25, 0.3) is 0 Å². The van der Waals surface area contributed by atoms with E-state index < -0.39 is 17.6 Å². The first kappa shape index (κ1) is 18.4. The maximum Gasteiger partial charge on any atom is 0.307 e. The summed E-state index contributed by atoms with van der Waals surface area (Å²) in [4.78, 5) is 13.0. The number of halogens is 2. The van der Waals surface area contributed by atoms with Gasteiger partial charge in [0, 0.05) is 25.2 Å². The second-order valence-corrected chi connectivity index (χ2v) is 8.40. The summed E-state index contributed by atoms with van der Waals surface area (Å²) < 4.78 is 34.5. The molecule has 1 aliphatic heterocycles. The lowest BCUT2D eigenvalue weighted by molar-refractivity contribution is -0.138. The number of carboxylic acids is 1. The molecule has 152 valence electrons. The predicted octanol–water partition coefficient (Wildman–Crippen LogP) is 4.65. The Bertz CT molecular complexity index is 973. The van der Waals surface area contributed by atoms with Gasteiger partial charge < -0.3 is 14.7 Å². The number of hydrogen-bond donors (Lipinski definition) is 1. The molecule has 2 saturated carbocycles. The fraction of sp³-hybridized carbons (Fsp3) is 0.435. The first-order valence-corrected chi connectivity index (χ1v) is 10.2. The molecular formula is C23H23F2NO3. The lowest BCUT2D eigenvalue weighted by Crippen LogP contribution is -2.31. The Morgan fingerprint density at radius 2 is 1.97 bits per heavy atom. The Morgan fingerprint density at radius 1 is 1.14 bits per heavy atom. The standard InChI is InChI=1S/C23H23F2NO3/c24-20-9-17(29-16-2-1-3-16)10-21(22(20)25)26-7-6-13-8-14(4-5-15(13)12-26)18-11-19(18)23(27)28/h4-5,8-10,16,18-19H,1-3,6-7,11-12H2,(H,27,28). The van der Waals surface area contributed by atoms with Crippen LogP contribution in [0.1, 0.15) is 48.3 Å². The van der Waals surface area contributed by atoms with Crippen molar-refractivity contribution in [1.82, 2.24) is 0 Å². The molecule has 0 radical (unpaired) electrons. The number of rotatable bonds is 5. The van der Waals surface area contributed by atoms with E-state index in [2.05, 4.69) is 6.07 Å². The van der Waals surface area contributed by atoms with Crippen LogP contribution in [0.5, 0.6) is 5.75 Å². The van der Waals surface area contributed by atoms with E-state index in [-0.39, 0.29) is 23.6 Å². The van der Waals surface area contributed by atoms with Gasteiger partial charge in [-0.2, -0.15) is 0 Å². The molecule has 0 aromatic heterocycles. The molecule has 29 heavy (non-hydrogen) atoms. The summed E-state index contributed by atoms with van der Waals surface area (Å²) in [6.45, 7) is 1.07.